The number of aryl methyl sites for hydroxylation is 1. The first-order chi connectivity index (χ1) is 7.38. The van der Waals surface area contributed by atoms with Crippen LogP contribution in [0.3, 0.4) is 0 Å². The van der Waals surface area contributed by atoms with Crippen LogP contribution in [-0.4, -0.2) is 11.4 Å². The predicted molar refractivity (Wildman–Crippen MR) is 62.6 cm³/mol. The van der Waals surface area contributed by atoms with Crippen molar-refractivity contribution < 1.29 is 9.18 Å². The summed E-state index contributed by atoms with van der Waals surface area (Å²) in [7, 11) is 0. The Kier molecular flexibility index (Phi) is 4.05. The van der Waals surface area contributed by atoms with Crippen molar-refractivity contribution in [1.82, 2.24) is 5.32 Å². The number of hydrogen-bond acceptors (Lipinski definition) is 1. The first-order valence-corrected chi connectivity index (χ1v) is 5.43. The van der Waals surface area contributed by atoms with Gasteiger partial charge in [-0.2, -0.15) is 0 Å². The van der Waals surface area contributed by atoms with E-state index < -0.39 is 0 Å². The van der Waals surface area contributed by atoms with E-state index in [9.17, 15) is 9.18 Å². The Morgan fingerprint density at radius 3 is 2.50 bits per heavy atom. The van der Waals surface area contributed by atoms with Gasteiger partial charge in [0.25, 0.3) is 0 Å². The molecule has 0 aliphatic heterocycles. The predicted octanol–water partition coefficient (Wildman–Crippen LogP) is 2.67. The van der Waals surface area contributed by atoms with Gasteiger partial charge in [-0.25, -0.2) is 4.39 Å². The molecule has 0 fully saturated rings. The van der Waals surface area contributed by atoms with E-state index in [2.05, 4.69) is 5.32 Å². The van der Waals surface area contributed by atoms with Gasteiger partial charge >= 0.3 is 0 Å². The van der Waals surface area contributed by atoms with E-state index in [1.165, 1.54) is 6.07 Å². The van der Waals surface area contributed by atoms with Crippen LogP contribution >= 0.6 is 0 Å². The third-order valence-corrected chi connectivity index (χ3v) is 2.09. The fraction of sp³-hybridized carbons (Fsp3) is 0.462. The summed E-state index contributed by atoms with van der Waals surface area (Å²) in [4.78, 5) is 11.5. The second-order valence-electron chi connectivity index (χ2n) is 4.89. The lowest BCUT2D eigenvalue weighted by molar-refractivity contribution is -0.122. The van der Waals surface area contributed by atoms with E-state index in [1.807, 2.05) is 20.8 Å². The normalized spacial score (nSPS) is 11.2. The standard InChI is InChI=1S/C13H18FNO/c1-13(2,3)15-12(16)9-8-10-6-4-5-7-11(10)14/h4-7H,8-9H2,1-3H3,(H,15,16). The zero-order valence-electron chi connectivity index (χ0n) is 10.0. The van der Waals surface area contributed by atoms with Crippen LogP contribution in [0.5, 0.6) is 0 Å². The molecule has 0 aliphatic rings. The van der Waals surface area contributed by atoms with E-state index in [4.69, 9.17) is 0 Å². The van der Waals surface area contributed by atoms with Gasteiger partial charge in [-0.15, -0.1) is 0 Å². The van der Waals surface area contributed by atoms with Crippen molar-refractivity contribution in [2.24, 2.45) is 0 Å². The van der Waals surface area contributed by atoms with E-state index in [1.54, 1.807) is 18.2 Å². The van der Waals surface area contributed by atoms with Crippen LogP contribution < -0.4 is 5.32 Å². The molecule has 3 heteroatoms. The largest absolute Gasteiger partial charge is 0.351 e. The maximum Gasteiger partial charge on any atom is 0.220 e. The Labute approximate surface area is 95.9 Å². The van der Waals surface area contributed by atoms with Gasteiger partial charge in [0.1, 0.15) is 5.82 Å². The number of rotatable bonds is 3. The Hall–Kier alpha value is -1.38. The van der Waals surface area contributed by atoms with E-state index in [0.29, 0.717) is 18.4 Å². The highest BCUT2D eigenvalue weighted by atomic mass is 19.1. The minimum absolute atomic E-state index is 0.0456. The molecule has 0 aromatic heterocycles. The fourth-order valence-electron chi connectivity index (χ4n) is 1.43. The van der Waals surface area contributed by atoms with Gasteiger partial charge in [0, 0.05) is 12.0 Å². The van der Waals surface area contributed by atoms with Crippen molar-refractivity contribution in [2.45, 2.75) is 39.2 Å². The molecule has 0 saturated carbocycles. The van der Waals surface area contributed by atoms with Crippen LogP contribution in [0.25, 0.3) is 0 Å². The van der Waals surface area contributed by atoms with Gasteiger partial charge in [0.2, 0.25) is 5.91 Å². The van der Waals surface area contributed by atoms with Gasteiger partial charge in [-0.3, -0.25) is 4.79 Å². The van der Waals surface area contributed by atoms with Crippen molar-refractivity contribution in [3.8, 4) is 0 Å². The monoisotopic (exact) mass is 223 g/mol. The van der Waals surface area contributed by atoms with Gasteiger partial charge in [-0.05, 0) is 38.8 Å². The SMILES string of the molecule is CC(C)(C)NC(=O)CCc1ccccc1F. The smallest absolute Gasteiger partial charge is 0.220 e. The molecular weight excluding hydrogens is 205 g/mol. The van der Waals surface area contributed by atoms with E-state index >= 15 is 0 Å². The number of amides is 1. The number of benzene rings is 1. The van der Waals surface area contributed by atoms with Crippen LogP contribution in [0.15, 0.2) is 24.3 Å². The zero-order valence-corrected chi connectivity index (χ0v) is 10.0. The highest BCUT2D eigenvalue weighted by molar-refractivity contribution is 5.76. The molecule has 1 amide bonds. The lowest BCUT2D eigenvalue weighted by Gasteiger charge is -2.20. The van der Waals surface area contributed by atoms with E-state index in [0.717, 1.165) is 0 Å². The molecule has 1 N–H and O–H groups in total. The molecule has 0 aliphatic carbocycles. The molecule has 0 bridgehead atoms. The minimum Gasteiger partial charge on any atom is -0.351 e. The molecule has 0 atom stereocenters. The van der Waals surface area contributed by atoms with Crippen molar-refractivity contribution in [3.63, 3.8) is 0 Å². The summed E-state index contributed by atoms with van der Waals surface area (Å²) in [5.41, 5.74) is 0.360. The van der Waals surface area contributed by atoms with Crippen molar-refractivity contribution in [2.75, 3.05) is 0 Å². The summed E-state index contributed by atoms with van der Waals surface area (Å²) in [6.45, 7) is 5.77. The first kappa shape index (κ1) is 12.7. The van der Waals surface area contributed by atoms with Gasteiger partial charge in [-0.1, -0.05) is 18.2 Å². The van der Waals surface area contributed by atoms with Gasteiger partial charge in [0.15, 0.2) is 0 Å². The molecular formula is C13H18FNO. The molecule has 2 nitrogen and oxygen atoms in total. The average Bonchev–Trinajstić information content (AvgIpc) is 2.14. The summed E-state index contributed by atoms with van der Waals surface area (Å²) in [6.07, 6.45) is 0.757. The minimum atomic E-state index is -0.244. The Morgan fingerprint density at radius 2 is 1.94 bits per heavy atom. The van der Waals surface area contributed by atoms with Gasteiger partial charge < -0.3 is 5.32 Å². The van der Waals surface area contributed by atoms with Crippen LogP contribution in [0, 0.1) is 5.82 Å². The second-order valence-corrected chi connectivity index (χ2v) is 4.89. The highest BCUT2D eigenvalue weighted by Crippen LogP contribution is 2.09. The number of hydrogen-bond donors (Lipinski definition) is 1. The summed E-state index contributed by atoms with van der Waals surface area (Å²) in [6, 6.07) is 6.55. The number of nitrogens with one attached hydrogen (secondary N) is 1. The van der Waals surface area contributed by atoms with Crippen molar-refractivity contribution in [3.05, 3.63) is 35.6 Å². The Balaban J connectivity index is 2.47. The number of carbonyl (C=O) groups excluding carboxylic acids is 1. The number of carbonyl (C=O) groups is 1. The molecule has 88 valence electrons. The van der Waals surface area contributed by atoms with Crippen LogP contribution in [0.2, 0.25) is 0 Å². The quantitative estimate of drug-likeness (QED) is 0.838. The summed E-state index contributed by atoms with van der Waals surface area (Å²) >= 11 is 0. The molecule has 16 heavy (non-hydrogen) atoms. The molecule has 0 radical (unpaired) electrons. The van der Waals surface area contributed by atoms with E-state index in [-0.39, 0.29) is 17.3 Å². The van der Waals surface area contributed by atoms with Crippen molar-refractivity contribution in [1.29, 1.82) is 0 Å². The van der Waals surface area contributed by atoms with Crippen molar-refractivity contribution >= 4 is 5.91 Å². The van der Waals surface area contributed by atoms with Gasteiger partial charge in [0.05, 0.1) is 0 Å². The fourth-order valence-corrected chi connectivity index (χ4v) is 1.43. The Morgan fingerprint density at radius 1 is 1.31 bits per heavy atom. The molecule has 1 aromatic rings. The molecule has 0 saturated heterocycles. The van der Waals surface area contributed by atoms with Crippen LogP contribution in [0.1, 0.15) is 32.8 Å². The Bertz CT molecular complexity index is 368. The first-order valence-electron chi connectivity index (χ1n) is 5.43. The maximum absolute atomic E-state index is 13.2. The molecule has 1 aromatic carbocycles. The maximum atomic E-state index is 13.2. The molecule has 0 unspecified atom stereocenters. The average molecular weight is 223 g/mol. The summed E-state index contributed by atoms with van der Waals surface area (Å²) in [5, 5.41) is 2.85. The second kappa shape index (κ2) is 5.10. The molecule has 0 spiro atoms. The number of halogens is 1. The topological polar surface area (TPSA) is 29.1 Å². The lowest BCUT2D eigenvalue weighted by atomic mass is 10.1. The van der Waals surface area contributed by atoms with Crippen LogP contribution in [0.4, 0.5) is 4.39 Å². The molecule has 0 heterocycles. The third kappa shape index (κ3) is 4.43. The summed E-state index contributed by atoms with van der Waals surface area (Å²) < 4.78 is 13.2. The third-order valence-electron chi connectivity index (χ3n) is 2.09. The summed E-state index contributed by atoms with van der Waals surface area (Å²) in [5.74, 6) is -0.290. The highest BCUT2D eigenvalue weighted by Gasteiger charge is 2.13. The molecule has 1 rings (SSSR count). The van der Waals surface area contributed by atoms with Crippen LogP contribution in [-0.2, 0) is 11.2 Å². The zero-order chi connectivity index (χ0) is 12.2. The lowest BCUT2D eigenvalue weighted by Crippen LogP contribution is -2.40.